The highest BCUT2D eigenvalue weighted by molar-refractivity contribution is 5.86. The van der Waals surface area contributed by atoms with Crippen LogP contribution in [-0.4, -0.2) is 74.5 Å². The van der Waals surface area contributed by atoms with E-state index in [1.807, 2.05) is 11.0 Å². The lowest BCUT2D eigenvalue weighted by molar-refractivity contribution is -0.130. The predicted octanol–water partition coefficient (Wildman–Crippen LogP) is 1.64. The van der Waals surface area contributed by atoms with Crippen molar-refractivity contribution in [3.05, 3.63) is 30.3 Å². The van der Waals surface area contributed by atoms with Gasteiger partial charge in [-0.15, -0.1) is 0 Å². The van der Waals surface area contributed by atoms with E-state index in [1.165, 1.54) is 5.69 Å². The van der Waals surface area contributed by atoms with Crippen molar-refractivity contribution in [2.24, 2.45) is 10.4 Å². The first kappa shape index (κ1) is 18.5. The van der Waals surface area contributed by atoms with E-state index < -0.39 is 0 Å². The van der Waals surface area contributed by atoms with Crippen molar-refractivity contribution < 1.29 is 4.79 Å². The predicted molar refractivity (Wildman–Crippen MR) is 107 cm³/mol. The highest BCUT2D eigenvalue weighted by Gasteiger charge is 2.31. The second-order valence-electron chi connectivity index (χ2n) is 7.94. The molecule has 142 valence electrons. The van der Waals surface area contributed by atoms with Crippen LogP contribution in [0.5, 0.6) is 0 Å². The summed E-state index contributed by atoms with van der Waals surface area (Å²) in [6, 6.07) is 10.4. The fourth-order valence-corrected chi connectivity index (χ4v) is 3.74. The number of nitrogens with zero attached hydrogens (tertiary/aromatic N) is 4. The molecule has 0 atom stereocenters. The number of benzene rings is 1. The molecule has 1 amide bonds. The average Bonchev–Trinajstić information content (AvgIpc) is 3.02. The van der Waals surface area contributed by atoms with E-state index in [2.05, 4.69) is 58.2 Å². The third-order valence-corrected chi connectivity index (χ3v) is 5.34. The molecular weight excluding hydrogens is 326 g/mol. The van der Waals surface area contributed by atoms with Crippen LogP contribution in [0.3, 0.4) is 0 Å². The third kappa shape index (κ3) is 4.48. The molecule has 0 spiro atoms. The van der Waals surface area contributed by atoms with Crippen LogP contribution in [0, 0.1) is 5.41 Å². The molecule has 0 aliphatic carbocycles. The van der Waals surface area contributed by atoms with Gasteiger partial charge in [-0.3, -0.25) is 9.79 Å². The van der Waals surface area contributed by atoms with Gasteiger partial charge in [0, 0.05) is 52.0 Å². The maximum atomic E-state index is 12.6. The van der Waals surface area contributed by atoms with Crippen LogP contribution >= 0.6 is 0 Å². The molecule has 1 N–H and O–H groups in total. The number of likely N-dealkylation sites (tertiary alicyclic amines) is 1. The Morgan fingerprint density at radius 2 is 1.77 bits per heavy atom. The van der Waals surface area contributed by atoms with Crippen LogP contribution in [-0.2, 0) is 4.79 Å². The van der Waals surface area contributed by atoms with E-state index in [0.717, 1.165) is 51.6 Å². The average molecular weight is 358 g/mol. The molecule has 1 aromatic rings. The lowest BCUT2D eigenvalue weighted by atomic mass is 9.93. The van der Waals surface area contributed by atoms with Crippen molar-refractivity contribution in [3.63, 3.8) is 0 Å². The highest BCUT2D eigenvalue weighted by Crippen LogP contribution is 2.28. The van der Waals surface area contributed by atoms with Gasteiger partial charge in [0.25, 0.3) is 0 Å². The van der Waals surface area contributed by atoms with E-state index in [0.29, 0.717) is 12.0 Å². The Kier molecular flexibility index (Phi) is 5.69. The molecule has 2 aliphatic heterocycles. The molecule has 2 fully saturated rings. The maximum absolute atomic E-state index is 12.6. The number of para-hydroxylation sites is 1. The molecule has 26 heavy (non-hydrogen) atoms. The van der Waals surface area contributed by atoms with Gasteiger partial charge in [-0.25, -0.2) is 0 Å². The van der Waals surface area contributed by atoms with Gasteiger partial charge in [-0.05, 0) is 24.0 Å². The molecule has 0 saturated carbocycles. The minimum Gasteiger partial charge on any atom is -0.368 e. The van der Waals surface area contributed by atoms with Crippen molar-refractivity contribution in [2.75, 3.05) is 57.8 Å². The van der Waals surface area contributed by atoms with Crippen LogP contribution in [0.15, 0.2) is 35.3 Å². The molecule has 0 unspecified atom stereocenters. The second kappa shape index (κ2) is 7.98. The van der Waals surface area contributed by atoms with Crippen molar-refractivity contribution in [1.29, 1.82) is 0 Å². The fourth-order valence-electron chi connectivity index (χ4n) is 3.74. The number of carbonyl (C=O) groups excluding carboxylic acids is 1. The lowest BCUT2D eigenvalue weighted by Gasteiger charge is -2.36. The lowest BCUT2D eigenvalue weighted by Crippen LogP contribution is -2.52. The number of nitrogens with one attached hydrogen (secondary N) is 1. The summed E-state index contributed by atoms with van der Waals surface area (Å²) in [5, 5.41) is 3.26. The van der Waals surface area contributed by atoms with E-state index in [-0.39, 0.29) is 5.91 Å². The van der Waals surface area contributed by atoms with Crippen LogP contribution in [0.4, 0.5) is 5.69 Å². The minimum absolute atomic E-state index is 0.150. The summed E-state index contributed by atoms with van der Waals surface area (Å²) in [5.74, 6) is 0.990. The number of amides is 1. The van der Waals surface area contributed by atoms with Crippen LogP contribution in [0.1, 0.15) is 20.3 Å². The first-order chi connectivity index (χ1) is 12.5. The number of rotatable bonds is 3. The summed E-state index contributed by atoms with van der Waals surface area (Å²) in [5.41, 5.74) is 1.55. The van der Waals surface area contributed by atoms with Gasteiger partial charge in [0.05, 0.1) is 6.54 Å². The minimum atomic E-state index is 0.150. The van der Waals surface area contributed by atoms with Gasteiger partial charge in [0.1, 0.15) is 0 Å². The summed E-state index contributed by atoms with van der Waals surface area (Å²) >= 11 is 0. The molecule has 0 bridgehead atoms. The van der Waals surface area contributed by atoms with Crippen molar-refractivity contribution in [3.8, 4) is 0 Å². The molecule has 0 radical (unpaired) electrons. The smallest absolute Gasteiger partial charge is 0.242 e. The number of piperazine rings is 1. The molecule has 6 nitrogen and oxygen atoms in total. The zero-order valence-electron chi connectivity index (χ0n) is 16.2. The summed E-state index contributed by atoms with van der Waals surface area (Å²) in [7, 11) is 1.79. The Hall–Kier alpha value is -2.24. The Labute approximate surface area is 156 Å². The maximum Gasteiger partial charge on any atom is 0.242 e. The fraction of sp³-hybridized carbons (Fsp3) is 0.600. The van der Waals surface area contributed by atoms with Gasteiger partial charge in [-0.1, -0.05) is 32.0 Å². The number of anilines is 1. The Morgan fingerprint density at radius 1 is 1.08 bits per heavy atom. The van der Waals surface area contributed by atoms with Crippen molar-refractivity contribution in [1.82, 2.24) is 15.1 Å². The zero-order chi connectivity index (χ0) is 18.6. The Balaban J connectivity index is 1.46. The Morgan fingerprint density at radius 3 is 2.35 bits per heavy atom. The van der Waals surface area contributed by atoms with E-state index in [1.54, 1.807) is 7.05 Å². The second-order valence-corrected chi connectivity index (χ2v) is 7.94. The zero-order valence-corrected chi connectivity index (χ0v) is 16.2. The van der Waals surface area contributed by atoms with Crippen LogP contribution in [0.2, 0.25) is 0 Å². The molecule has 0 aromatic heterocycles. The molecule has 6 heteroatoms. The van der Waals surface area contributed by atoms with Crippen LogP contribution < -0.4 is 10.2 Å². The van der Waals surface area contributed by atoms with Crippen LogP contribution in [0.25, 0.3) is 0 Å². The molecule has 3 rings (SSSR count). The SMILES string of the molecule is CN=C(NCC(=O)N1CCN(c2ccccc2)CC1)N1CCC(C)(C)C1. The monoisotopic (exact) mass is 357 g/mol. The molecule has 2 heterocycles. The molecule has 2 aliphatic rings. The molecule has 1 aromatic carbocycles. The first-order valence-electron chi connectivity index (χ1n) is 9.52. The van der Waals surface area contributed by atoms with Crippen molar-refractivity contribution in [2.45, 2.75) is 20.3 Å². The van der Waals surface area contributed by atoms with E-state index in [4.69, 9.17) is 0 Å². The quantitative estimate of drug-likeness (QED) is 0.660. The molecule has 2 saturated heterocycles. The first-order valence-corrected chi connectivity index (χ1v) is 9.52. The number of aliphatic imine (C=N–C) groups is 1. The number of hydrogen-bond acceptors (Lipinski definition) is 3. The number of guanidine groups is 1. The molecular formula is C20H31N5O. The number of carbonyl (C=O) groups is 1. The van der Waals surface area contributed by atoms with Crippen molar-refractivity contribution >= 4 is 17.6 Å². The number of hydrogen-bond donors (Lipinski definition) is 1. The normalized spacial score (nSPS) is 20.4. The van der Waals surface area contributed by atoms with E-state index >= 15 is 0 Å². The summed E-state index contributed by atoms with van der Waals surface area (Å²) in [4.78, 5) is 23.5. The summed E-state index contributed by atoms with van der Waals surface area (Å²) < 4.78 is 0. The van der Waals surface area contributed by atoms with Gasteiger partial charge >= 0.3 is 0 Å². The Bertz CT molecular complexity index is 635. The van der Waals surface area contributed by atoms with Gasteiger partial charge in [-0.2, -0.15) is 0 Å². The standard InChI is InChI=1S/C20H31N5O/c1-20(2)9-10-25(16-20)19(21-3)22-15-18(26)24-13-11-23(12-14-24)17-7-5-4-6-8-17/h4-8H,9-16H2,1-3H3,(H,21,22). The largest absolute Gasteiger partial charge is 0.368 e. The van der Waals surface area contributed by atoms with Gasteiger partial charge < -0.3 is 20.0 Å². The van der Waals surface area contributed by atoms with E-state index in [9.17, 15) is 4.79 Å². The van der Waals surface area contributed by atoms with Gasteiger partial charge in [0.15, 0.2) is 5.96 Å². The topological polar surface area (TPSA) is 51.2 Å². The highest BCUT2D eigenvalue weighted by atomic mass is 16.2. The summed E-state index contributed by atoms with van der Waals surface area (Å²) in [6.45, 7) is 10.1. The van der Waals surface area contributed by atoms with Gasteiger partial charge in [0.2, 0.25) is 5.91 Å². The summed E-state index contributed by atoms with van der Waals surface area (Å²) in [6.07, 6.45) is 1.16. The third-order valence-electron chi connectivity index (χ3n) is 5.34.